The Hall–Kier alpha value is -1.06. The molecule has 0 aliphatic rings. The van der Waals surface area contributed by atoms with Crippen LogP contribution < -0.4 is 10.1 Å². The molecule has 1 aromatic rings. The van der Waals surface area contributed by atoms with E-state index in [9.17, 15) is 5.11 Å². The van der Waals surface area contributed by atoms with Crippen molar-refractivity contribution in [2.24, 2.45) is 0 Å². The van der Waals surface area contributed by atoms with Gasteiger partial charge in [0.2, 0.25) is 0 Å². The molecule has 0 saturated heterocycles. The van der Waals surface area contributed by atoms with Gasteiger partial charge in [0.05, 0.1) is 13.2 Å². The molecule has 0 fully saturated rings. The molecular formula is C15H25NO2. The summed E-state index contributed by atoms with van der Waals surface area (Å²) in [6.45, 7) is 10.3. The Morgan fingerprint density at radius 2 is 1.89 bits per heavy atom. The van der Waals surface area contributed by atoms with Gasteiger partial charge in [-0.05, 0) is 57.9 Å². The molecule has 0 aliphatic heterocycles. The van der Waals surface area contributed by atoms with Gasteiger partial charge in [-0.25, -0.2) is 0 Å². The zero-order valence-corrected chi connectivity index (χ0v) is 12.2. The monoisotopic (exact) mass is 251 g/mol. The first kappa shape index (κ1) is 15.0. The predicted octanol–water partition coefficient (Wildman–Crippen LogP) is 2.81. The molecule has 0 aromatic heterocycles. The van der Waals surface area contributed by atoms with Gasteiger partial charge in [-0.2, -0.15) is 0 Å². The molecular weight excluding hydrogens is 226 g/mol. The van der Waals surface area contributed by atoms with Gasteiger partial charge in [0, 0.05) is 11.6 Å². The van der Waals surface area contributed by atoms with Crippen molar-refractivity contribution >= 4 is 0 Å². The Labute approximate surface area is 110 Å². The van der Waals surface area contributed by atoms with E-state index in [1.807, 2.05) is 32.0 Å². The number of ether oxygens (including phenoxy) is 1. The summed E-state index contributed by atoms with van der Waals surface area (Å²) in [5.41, 5.74) is 1.94. The molecule has 0 bridgehead atoms. The minimum Gasteiger partial charge on any atom is -0.496 e. The summed E-state index contributed by atoms with van der Waals surface area (Å²) in [6.07, 6.45) is -0.520. The second-order valence-corrected chi connectivity index (χ2v) is 5.86. The van der Waals surface area contributed by atoms with Crippen LogP contribution in [0.4, 0.5) is 0 Å². The van der Waals surface area contributed by atoms with Crippen LogP contribution in [0, 0.1) is 6.92 Å². The number of methoxy groups -OCH3 is 1. The summed E-state index contributed by atoms with van der Waals surface area (Å²) in [6, 6.07) is 5.79. The number of aliphatic hydroxyl groups is 1. The number of nitrogens with one attached hydrogen (secondary N) is 1. The van der Waals surface area contributed by atoms with Crippen LogP contribution in [0.1, 0.15) is 44.9 Å². The van der Waals surface area contributed by atoms with Gasteiger partial charge in [-0.1, -0.05) is 6.07 Å². The molecule has 102 valence electrons. The van der Waals surface area contributed by atoms with Crippen molar-refractivity contribution in [3.8, 4) is 5.75 Å². The fraction of sp³-hybridized carbons (Fsp3) is 0.600. The first-order valence-electron chi connectivity index (χ1n) is 6.35. The van der Waals surface area contributed by atoms with E-state index in [2.05, 4.69) is 26.1 Å². The van der Waals surface area contributed by atoms with E-state index in [-0.39, 0.29) is 11.6 Å². The summed E-state index contributed by atoms with van der Waals surface area (Å²) >= 11 is 0. The highest BCUT2D eigenvalue weighted by atomic mass is 16.5. The Kier molecular flexibility index (Phi) is 4.77. The molecule has 0 radical (unpaired) electrons. The van der Waals surface area contributed by atoms with Crippen molar-refractivity contribution in [1.82, 2.24) is 5.32 Å². The fourth-order valence-electron chi connectivity index (χ4n) is 2.14. The van der Waals surface area contributed by atoms with Crippen LogP contribution in [0.2, 0.25) is 0 Å². The number of hydrogen-bond acceptors (Lipinski definition) is 3. The normalized spacial score (nSPS) is 15.3. The molecule has 3 nitrogen and oxygen atoms in total. The van der Waals surface area contributed by atoms with Crippen molar-refractivity contribution in [2.45, 2.75) is 52.3 Å². The maximum atomic E-state index is 10.3. The van der Waals surface area contributed by atoms with Crippen molar-refractivity contribution in [1.29, 1.82) is 0 Å². The maximum Gasteiger partial charge on any atom is 0.121 e. The molecule has 1 aromatic carbocycles. The van der Waals surface area contributed by atoms with Crippen LogP contribution in [0.5, 0.6) is 5.75 Å². The predicted molar refractivity (Wildman–Crippen MR) is 75.0 cm³/mol. The quantitative estimate of drug-likeness (QED) is 0.864. The van der Waals surface area contributed by atoms with Crippen LogP contribution in [0.25, 0.3) is 0 Å². The SMILES string of the molecule is COc1ccc(C(O)C(C)NC(C)(C)C)cc1C. The first-order chi connectivity index (χ1) is 8.24. The van der Waals surface area contributed by atoms with Gasteiger partial charge >= 0.3 is 0 Å². The molecule has 0 spiro atoms. The van der Waals surface area contributed by atoms with Gasteiger partial charge in [0.25, 0.3) is 0 Å². The van der Waals surface area contributed by atoms with Gasteiger partial charge in [-0.15, -0.1) is 0 Å². The van der Waals surface area contributed by atoms with Crippen molar-refractivity contribution < 1.29 is 9.84 Å². The number of rotatable bonds is 4. The van der Waals surface area contributed by atoms with Crippen LogP contribution >= 0.6 is 0 Å². The van der Waals surface area contributed by atoms with Crippen molar-refractivity contribution in [2.75, 3.05) is 7.11 Å². The molecule has 3 heteroatoms. The van der Waals surface area contributed by atoms with Crippen LogP contribution in [0.3, 0.4) is 0 Å². The van der Waals surface area contributed by atoms with Gasteiger partial charge in [0.15, 0.2) is 0 Å². The van der Waals surface area contributed by atoms with E-state index in [0.29, 0.717) is 0 Å². The van der Waals surface area contributed by atoms with Crippen molar-refractivity contribution in [3.05, 3.63) is 29.3 Å². The zero-order chi connectivity index (χ0) is 13.9. The Morgan fingerprint density at radius 1 is 1.28 bits per heavy atom. The average Bonchev–Trinajstić information content (AvgIpc) is 2.25. The number of aryl methyl sites for hydroxylation is 1. The third-order valence-electron chi connectivity index (χ3n) is 2.89. The Morgan fingerprint density at radius 3 is 2.33 bits per heavy atom. The number of hydrogen-bond donors (Lipinski definition) is 2. The molecule has 2 N–H and O–H groups in total. The number of benzene rings is 1. The summed E-state index contributed by atoms with van der Waals surface area (Å²) in [4.78, 5) is 0. The molecule has 18 heavy (non-hydrogen) atoms. The van der Waals surface area contributed by atoms with Gasteiger partial charge in [0.1, 0.15) is 5.75 Å². The number of aliphatic hydroxyl groups excluding tert-OH is 1. The summed E-state index contributed by atoms with van der Waals surface area (Å²) in [5, 5.41) is 13.7. The Bertz CT molecular complexity index is 396. The minimum absolute atomic E-state index is 0.00204. The standard InChI is InChI=1S/C15H25NO2/c1-10-9-12(7-8-13(10)18-6)14(17)11(2)16-15(3,4)5/h7-9,11,14,16-17H,1-6H3. The van der Waals surface area contributed by atoms with E-state index in [1.54, 1.807) is 7.11 Å². The van der Waals surface area contributed by atoms with Crippen LogP contribution in [-0.2, 0) is 0 Å². The smallest absolute Gasteiger partial charge is 0.121 e. The zero-order valence-electron chi connectivity index (χ0n) is 12.2. The molecule has 0 saturated carbocycles. The Balaban J connectivity index is 2.83. The van der Waals surface area contributed by atoms with E-state index >= 15 is 0 Å². The van der Waals surface area contributed by atoms with E-state index in [4.69, 9.17) is 4.74 Å². The third-order valence-corrected chi connectivity index (χ3v) is 2.89. The summed E-state index contributed by atoms with van der Waals surface area (Å²) in [5.74, 6) is 0.849. The van der Waals surface area contributed by atoms with E-state index < -0.39 is 6.10 Å². The van der Waals surface area contributed by atoms with Gasteiger partial charge < -0.3 is 15.2 Å². The van der Waals surface area contributed by atoms with Crippen molar-refractivity contribution in [3.63, 3.8) is 0 Å². The van der Waals surface area contributed by atoms with E-state index in [1.165, 1.54) is 0 Å². The second kappa shape index (κ2) is 5.72. The fourth-order valence-corrected chi connectivity index (χ4v) is 2.14. The highest BCUT2D eigenvalue weighted by Crippen LogP contribution is 2.24. The highest BCUT2D eigenvalue weighted by molar-refractivity contribution is 5.37. The average molecular weight is 251 g/mol. The maximum absolute atomic E-state index is 10.3. The van der Waals surface area contributed by atoms with Crippen LogP contribution in [-0.4, -0.2) is 23.8 Å². The third kappa shape index (κ3) is 4.00. The molecule has 0 heterocycles. The largest absolute Gasteiger partial charge is 0.496 e. The lowest BCUT2D eigenvalue weighted by Crippen LogP contribution is -2.44. The van der Waals surface area contributed by atoms with Crippen LogP contribution in [0.15, 0.2) is 18.2 Å². The van der Waals surface area contributed by atoms with Gasteiger partial charge in [-0.3, -0.25) is 0 Å². The second-order valence-electron chi connectivity index (χ2n) is 5.86. The lowest BCUT2D eigenvalue weighted by molar-refractivity contribution is 0.121. The lowest BCUT2D eigenvalue weighted by Gasteiger charge is -2.29. The topological polar surface area (TPSA) is 41.5 Å². The molecule has 2 atom stereocenters. The highest BCUT2D eigenvalue weighted by Gasteiger charge is 2.21. The summed E-state index contributed by atoms with van der Waals surface area (Å²) in [7, 11) is 1.65. The lowest BCUT2D eigenvalue weighted by atomic mass is 9.98. The van der Waals surface area contributed by atoms with E-state index in [0.717, 1.165) is 16.9 Å². The summed E-state index contributed by atoms with van der Waals surface area (Å²) < 4.78 is 5.22. The first-order valence-corrected chi connectivity index (χ1v) is 6.35. The minimum atomic E-state index is -0.520. The molecule has 0 aliphatic carbocycles. The molecule has 1 rings (SSSR count). The molecule has 0 amide bonds. The molecule has 2 unspecified atom stereocenters.